The summed E-state index contributed by atoms with van der Waals surface area (Å²) >= 11 is 0. The minimum Gasteiger partial charge on any atom is -0.469 e. The summed E-state index contributed by atoms with van der Waals surface area (Å²) in [6, 6.07) is 2.06. The number of carbonyl (C=O) groups is 1. The quantitative estimate of drug-likeness (QED) is 0.582. The monoisotopic (exact) mass is 424 g/mol. The lowest BCUT2D eigenvalue weighted by molar-refractivity contribution is -0.130. The maximum absolute atomic E-state index is 14.6. The molecule has 1 fully saturated rings. The number of ether oxygens (including phenoxy) is 1. The number of nitrogens with one attached hydrogen (secondary N) is 2. The molecule has 31 heavy (non-hydrogen) atoms. The van der Waals surface area contributed by atoms with Crippen LogP contribution in [0.15, 0.2) is 31.2 Å². The van der Waals surface area contributed by atoms with Crippen molar-refractivity contribution in [3.8, 4) is 11.9 Å². The summed E-state index contributed by atoms with van der Waals surface area (Å²) in [5, 5.41) is 17.0. The normalized spacial score (nSPS) is 18.5. The van der Waals surface area contributed by atoms with E-state index in [1.54, 1.807) is 17.1 Å². The van der Waals surface area contributed by atoms with Crippen LogP contribution in [0.2, 0.25) is 0 Å². The molecule has 0 aromatic carbocycles. The van der Waals surface area contributed by atoms with Gasteiger partial charge in [0.05, 0.1) is 29.4 Å². The molecule has 160 valence electrons. The highest BCUT2D eigenvalue weighted by Gasteiger charge is 2.33. The molecule has 1 aliphatic rings. The number of nitrogens with zero attached hydrogens (tertiary/aromatic N) is 6. The third-order valence-corrected chi connectivity index (χ3v) is 5.06. The second-order valence-electron chi connectivity index (χ2n) is 7.05. The minimum absolute atomic E-state index is 0.0514. The van der Waals surface area contributed by atoms with E-state index in [9.17, 15) is 14.4 Å². The lowest BCUT2D eigenvalue weighted by atomic mass is 10.1. The third-order valence-electron chi connectivity index (χ3n) is 5.06. The molecular formula is C20H21FN8O2. The summed E-state index contributed by atoms with van der Waals surface area (Å²) in [7, 11) is 0. The first-order valence-electron chi connectivity index (χ1n) is 9.83. The van der Waals surface area contributed by atoms with Crippen LogP contribution in [0.1, 0.15) is 18.9 Å². The number of carbonyl (C=O) groups excluding carboxylic acids is 1. The number of rotatable bonds is 6. The van der Waals surface area contributed by atoms with E-state index in [2.05, 4.69) is 38.0 Å². The predicted molar refractivity (Wildman–Crippen MR) is 110 cm³/mol. The molecule has 3 aromatic heterocycles. The molecule has 2 N–H and O–H groups in total. The van der Waals surface area contributed by atoms with Gasteiger partial charge in [-0.1, -0.05) is 6.58 Å². The van der Waals surface area contributed by atoms with Crippen molar-refractivity contribution >= 4 is 28.6 Å². The molecule has 0 radical (unpaired) electrons. The summed E-state index contributed by atoms with van der Waals surface area (Å²) in [6.07, 6.45) is 4.02. The molecule has 4 heterocycles. The van der Waals surface area contributed by atoms with Crippen LogP contribution >= 0.6 is 0 Å². The van der Waals surface area contributed by atoms with Crippen molar-refractivity contribution < 1.29 is 13.9 Å². The van der Waals surface area contributed by atoms with E-state index in [1.165, 1.54) is 17.2 Å². The van der Waals surface area contributed by atoms with Crippen molar-refractivity contribution in [2.24, 2.45) is 0 Å². The van der Waals surface area contributed by atoms with E-state index < -0.39 is 12.3 Å². The SMILES string of the molecule is C=CC(=O)N1CC[C@@H](F)[C@H](Oc2nc(Nc3cnn(CC)c3)nc3[nH]cc(C#N)c23)C1. The van der Waals surface area contributed by atoms with E-state index in [4.69, 9.17) is 4.74 Å². The second-order valence-corrected chi connectivity index (χ2v) is 7.05. The number of piperidine rings is 1. The standard InChI is InChI=1S/C20H21FN8O2/c1-3-16(30)28-6-5-14(21)15(11-28)31-19-17-12(7-22)8-23-18(17)26-20(27-19)25-13-9-24-29(4-2)10-13/h3,8-10,14-15H,1,4-6,11H2,2H3,(H2,23,25,26,27)/t14-,15-/m1/s1. The van der Waals surface area contributed by atoms with Gasteiger partial charge in [0, 0.05) is 25.5 Å². The maximum Gasteiger partial charge on any atom is 0.246 e. The van der Waals surface area contributed by atoms with E-state index in [1.807, 2.05) is 6.92 Å². The number of alkyl halides is 1. The number of likely N-dealkylation sites (tertiary alicyclic amines) is 1. The largest absolute Gasteiger partial charge is 0.469 e. The fraction of sp³-hybridized carbons (Fsp3) is 0.350. The van der Waals surface area contributed by atoms with Crippen molar-refractivity contribution in [1.29, 1.82) is 5.26 Å². The van der Waals surface area contributed by atoms with Gasteiger partial charge in [0.25, 0.3) is 0 Å². The number of aromatic amines is 1. The van der Waals surface area contributed by atoms with Crippen molar-refractivity contribution in [3.63, 3.8) is 0 Å². The van der Waals surface area contributed by atoms with E-state index >= 15 is 0 Å². The molecule has 1 saturated heterocycles. The topological polar surface area (TPSA) is 125 Å². The third kappa shape index (κ3) is 4.05. The predicted octanol–water partition coefficient (Wildman–Crippen LogP) is 2.29. The molecular weight excluding hydrogens is 403 g/mol. The van der Waals surface area contributed by atoms with Gasteiger partial charge >= 0.3 is 0 Å². The molecule has 4 rings (SSSR count). The zero-order valence-electron chi connectivity index (χ0n) is 16.9. The average Bonchev–Trinajstić information content (AvgIpc) is 3.41. The van der Waals surface area contributed by atoms with Crippen molar-refractivity contribution in [1.82, 2.24) is 29.6 Å². The molecule has 0 unspecified atom stereocenters. The van der Waals surface area contributed by atoms with E-state index in [0.717, 1.165) is 0 Å². The van der Waals surface area contributed by atoms with Crippen LogP contribution < -0.4 is 10.1 Å². The van der Waals surface area contributed by atoms with Gasteiger partial charge < -0.3 is 19.9 Å². The highest BCUT2D eigenvalue weighted by molar-refractivity contribution is 5.89. The van der Waals surface area contributed by atoms with Gasteiger partial charge in [-0.05, 0) is 19.4 Å². The molecule has 1 aliphatic heterocycles. The Morgan fingerprint density at radius 1 is 1.55 bits per heavy atom. The molecule has 0 aliphatic carbocycles. The van der Waals surface area contributed by atoms with Crippen LogP contribution in [0, 0.1) is 11.3 Å². The number of aromatic nitrogens is 5. The zero-order valence-corrected chi connectivity index (χ0v) is 16.9. The number of nitriles is 1. The van der Waals surface area contributed by atoms with Gasteiger partial charge in [0.2, 0.25) is 17.7 Å². The van der Waals surface area contributed by atoms with Crippen molar-refractivity contribution in [2.75, 3.05) is 18.4 Å². The summed E-state index contributed by atoms with van der Waals surface area (Å²) < 4.78 is 22.3. The maximum atomic E-state index is 14.6. The lowest BCUT2D eigenvalue weighted by Gasteiger charge is -2.34. The number of aryl methyl sites for hydroxylation is 1. The summed E-state index contributed by atoms with van der Waals surface area (Å²) in [5.74, 6) is -0.0218. The molecule has 1 amide bonds. The Balaban J connectivity index is 1.67. The lowest BCUT2D eigenvalue weighted by Crippen LogP contribution is -2.49. The van der Waals surface area contributed by atoms with Crippen LogP contribution in [0.3, 0.4) is 0 Å². The molecule has 2 atom stereocenters. The summed E-state index contributed by atoms with van der Waals surface area (Å²) in [6.45, 7) is 6.48. The van der Waals surface area contributed by atoms with Gasteiger partial charge in [-0.2, -0.15) is 20.3 Å². The average molecular weight is 424 g/mol. The van der Waals surface area contributed by atoms with Gasteiger partial charge in [-0.3, -0.25) is 9.48 Å². The summed E-state index contributed by atoms with van der Waals surface area (Å²) in [4.78, 5) is 25.1. The number of amides is 1. The molecule has 11 heteroatoms. The Kier molecular flexibility index (Phi) is 5.53. The molecule has 0 spiro atoms. The number of fused-ring (bicyclic) bond motifs is 1. The Morgan fingerprint density at radius 3 is 3.10 bits per heavy atom. The first-order chi connectivity index (χ1) is 15.0. The first kappa shape index (κ1) is 20.3. The van der Waals surface area contributed by atoms with Gasteiger partial charge in [-0.15, -0.1) is 0 Å². The van der Waals surface area contributed by atoms with Crippen LogP contribution in [0.4, 0.5) is 16.0 Å². The van der Waals surface area contributed by atoms with Crippen molar-refractivity contribution in [2.45, 2.75) is 32.2 Å². The summed E-state index contributed by atoms with van der Waals surface area (Å²) in [5.41, 5.74) is 1.32. The fourth-order valence-corrected chi connectivity index (χ4v) is 3.43. The molecule has 0 bridgehead atoms. The number of H-pyrrole nitrogens is 1. The first-order valence-corrected chi connectivity index (χ1v) is 9.83. The van der Waals surface area contributed by atoms with Crippen LogP contribution in [0.25, 0.3) is 11.0 Å². The molecule has 3 aromatic rings. The Bertz CT molecular complexity index is 1160. The van der Waals surface area contributed by atoms with Crippen LogP contribution in [-0.4, -0.2) is 60.9 Å². The highest BCUT2D eigenvalue weighted by atomic mass is 19.1. The smallest absolute Gasteiger partial charge is 0.246 e. The highest BCUT2D eigenvalue weighted by Crippen LogP contribution is 2.30. The molecule has 10 nitrogen and oxygen atoms in total. The molecule has 0 saturated carbocycles. The second kappa shape index (κ2) is 8.43. The van der Waals surface area contributed by atoms with Crippen LogP contribution in [0.5, 0.6) is 5.88 Å². The Hall–Kier alpha value is -3.94. The number of hydrogen-bond acceptors (Lipinski definition) is 7. The van der Waals surface area contributed by atoms with Crippen LogP contribution in [-0.2, 0) is 11.3 Å². The fourth-order valence-electron chi connectivity index (χ4n) is 3.43. The van der Waals surface area contributed by atoms with E-state index in [-0.39, 0.29) is 42.8 Å². The van der Waals surface area contributed by atoms with Gasteiger partial charge in [0.15, 0.2) is 0 Å². The Labute approximate surface area is 177 Å². The van der Waals surface area contributed by atoms with Gasteiger partial charge in [0.1, 0.15) is 24.0 Å². The van der Waals surface area contributed by atoms with Gasteiger partial charge in [-0.25, -0.2) is 4.39 Å². The van der Waals surface area contributed by atoms with E-state index in [0.29, 0.717) is 23.3 Å². The Morgan fingerprint density at radius 2 is 2.39 bits per heavy atom. The number of anilines is 2. The van der Waals surface area contributed by atoms with Crippen molar-refractivity contribution in [3.05, 3.63) is 36.8 Å². The minimum atomic E-state index is -1.29. The zero-order chi connectivity index (χ0) is 22.0. The number of halogens is 1. The number of hydrogen-bond donors (Lipinski definition) is 2.